The Morgan fingerprint density at radius 2 is 2.39 bits per heavy atom. The molecule has 0 aromatic carbocycles. The number of carbonyl (C=O) groups is 1. The predicted octanol–water partition coefficient (Wildman–Crippen LogP) is 2.59. The van der Waals surface area contributed by atoms with Gasteiger partial charge in [0.15, 0.2) is 0 Å². The summed E-state index contributed by atoms with van der Waals surface area (Å²) in [6.07, 6.45) is 0.648. The normalized spacial score (nSPS) is 23.3. The van der Waals surface area contributed by atoms with Gasteiger partial charge in [-0.25, -0.2) is 0 Å². The van der Waals surface area contributed by atoms with Crippen LogP contribution in [0.4, 0.5) is 0 Å². The fourth-order valence-corrected chi connectivity index (χ4v) is 3.32. The highest BCUT2D eigenvalue weighted by molar-refractivity contribution is 8.00. The van der Waals surface area contributed by atoms with E-state index in [0.29, 0.717) is 17.5 Å². The lowest BCUT2D eigenvalue weighted by Gasteiger charge is -1.98. The molecule has 3 rings (SSSR count). The number of rotatable bonds is 3. The molecule has 1 fully saturated rings. The number of hydrogen-bond acceptors (Lipinski definition) is 7. The molecule has 0 spiro atoms. The quantitative estimate of drug-likeness (QED) is 0.806. The number of aromatic nitrogens is 2. The van der Waals surface area contributed by atoms with Crippen molar-refractivity contribution in [3.05, 3.63) is 17.5 Å². The van der Waals surface area contributed by atoms with E-state index in [1.165, 1.54) is 23.1 Å². The summed E-state index contributed by atoms with van der Waals surface area (Å²) >= 11 is 2.81. The molecule has 0 unspecified atom stereocenters. The summed E-state index contributed by atoms with van der Waals surface area (Å²) in [5, 5.41) is 10.0. The summed E-state index contributed by atoms with van der Waals surface area (Å²) in [4.78, 5) is 12.4. The number of thioether (sulfide) groups is 1. The summed E-state index contributed by atoms with van der Waals surface area (Å²) in [5.74, 6) is 0.287. The molecule has 7 heteroatoms. The highest BCUT2D eigenvalue weighted by atomic mass is 32.2. The van der Waals surface area contributed by atoms with Crippen molar-refractivity contribution in [2.45, 2.75) is 29.9 Å². The second-order valence-corrected chi connectivity index (χ2v) is 6.04. The molecule has 0 aliphatic carbocycles. The number of ether oxygens (including phenoxy) is 1. The maximum absolute atomic E-state index is 11.5. The Kier molecular flexibility index (Phi) is 3.09. The molecule has 5 nitrogen and oxygen atoms in total. The van der Waals surface area contributed by atoms with Crippen LogP contribution >= 0.6 is 23.1 Å². The van der Waals surface area contributed by atoms with E-state index in [0.717, 1.165) is 4.88 Å². The van der Waals surface area contributed by atoms with E-state index in [9.17, 15) is 4.79 Å². The van der Waals surface area contributed by atoms with Crippen LogP contribution in [0.3, 0.4) is 0 Å². The minimum Gasteiger partial charge on any atom is -0.462 e. The van der Waals surface area contributed by atoms with Crippen molar-refractivity contribution in [3.63, 3.8) is 0 Å². The zero-order valence-corrected chi connectivity index (χ0v) is 11.2. The zero-order chi connectivity index (χ0) is 12.5. The number of nitrogens with zero attached hydrogens (tertiary/aromatic N) is 2. The minimum atomic E-state index is -0.239. The van der Waals surface area contributed by atoms with Crippen LogP contribution in [0.5, 0.6) is 0 Å². The van der Waals surface area contributed by atoms with Gasteiger partial charge in [-0.3, -0.25) is 4.79 Å². The third kappa shape index (κ3) is 2.28. The molecule has 2 aromatic heterocycles. The van der Waals surface area contributed by atoms with Crippen molar-refractivity contribution in [2.75, 3.05) is 0 Å². The lowest BCUT2D eigenvalue weighted by atomic mass is 10.3. The maximum Gasteiger partial charge on any atom is 0.320 e. The van der Waals surface area contributed by atoms with Crippen molar-refractivity contribution < 1.29 is 13.9 Å². The Morgan fingerprint density at radius 3 is 3.06 bits per heavy atom. The topological polar surface area (TPSA) is 65.2 Å². The average Bonchev–Trinajstić information content (AvgIpc) is 3.02. The molecule has 2 atom stereocenters. The lowest BCUT2D eigenvalue weighted by molar-refractivity contribution is -0.140. The summed E-state index contributed by atoms with van der Waals surface area (Å²) in [6, 6.07) is 3.84. The Balaban J connectivity index is 1.73. The molecule has 0 saturated carbocycles. The molecule has 0 bridgehead atoms. The van der Waals surface area contributed by atoms with Crippen LogP contribution in [-0.4, -0.2) is 27.5 Å². The van der Waals surface area contributed by atoms with Crippen LogP contribution in [-0.2, 0) is 9.53 Å². The molecule has 2 aromatic rings. The molecular weight excluding hydrogens is 272 g/mol. The van der Waals surface area contributed by atoms with Crippen molar-refractivity contribution >= 4 is 29.1 Å². The number of thiophene rings is 1. The number of esters is 1. The Hall–Kier alpha value is -1.34. The lowest BCUT2D eigenvalue weighted by Crippen LogP contribution is -2.09. The monoisotopic (exact) mass is 282 g/mol. The number of cyclic esters (lactones) is 1. The first-order valence-corrected chi connectivity index (χ1v) is 7.23. The molecular formula is C11H10N2O3S2. The minimum absolute atomic E-state index is 0.0327. The zero-order valence-electron chi connectivity index (χ0n) is 9.53. The van der Waals surface area contributed by atoms with Crippen molar-refractivity contribution in [1.82, 2.24) is 10.2 Å². The van der Waals surface area contributed by atoms with Gasteiger partial charge in [-0.05, 0) is 30.1 Å². The molecule has 3 heterocycles. The standard InChI is InChI=1S/C11H10N2O3S2/c1-6-5-8(10(14)15-6)18-11-13-12-9(16-11)7-3-2-4-17-7/h2-4,6,8H,5H2,1H3/t6-,8+/m1/s1. The van der Waals surface area contributed by atoms with Gasteiger partial charge in [0.25, 0.3) is 11.1 Å². The summed E-state index contributed by atoms with van der Waals surface area (Å²) < 4.78 is 10.6. The van der Waals surface area contributed by atoms with Crippen LogP contribution in [0.2, 0.25) is 0 Å². The molecule has 1 aliphatic rings. The highest BCUT2D eigenvalue weighted by Crippen LogP contribution is 2.33. The van der Waals surface area contributed by atoms with Gasteiger partial charge in [0.1, 0.15) is 11.4 Å². The predicted molar refractivity (Wildman–Crippen MR) is 67.4 cm³/mol. The third-order valence-corrected chi connectivity index (χ3v) is 4.40. The van der Waals surface area contributed by atoms with E-state index in [-0.39, 0.29) is 17.3 Å². The van der Waals surface area contributed by atoms with Gasteiger partial charge in [-0.1, -0.05) is 6.07 Å². The van der Waals surface area contributed by atoms with Crippen LogP contribution in [0.1, 0.15) is 13.3 Å². The Labute approximate surface area is 112 Å². The highest BCUT2D eigenvalue weighted by Gasteiger charge is 2.34. The van der Waals surface area contributed by atoms with Crippen LogP contribution in [0, 0.1) is 0 Å². The summed E-state index contributed by atoms with van der Waals surface area (Å²) in [6.45, 7) is 1.88. The van der Waals surface area contributed by atoms with E-state index >= 15 is 0 Å². The Morgan fingerprint density at radius 1 is 1.50 bits per heavy atom. The fraction of sp³-hybridized carbons (Fsp3) is 0.364. The van der Waals surface area contributed by atoms with Crippen molar-refractivity contribution in [3.8, 4) is 10.8 Å². The van der Waals surface area contributed by atoms with Crippen LogP contribution < -0.4 is 0 Å². The maximum atomic E-state index is 11.5. The van der Waals surface area contributed by atoms with Gasteiger partial charge in [-0.15, -0.1) is 21.5 Å². The fourth-order valence-electron chi connectivity index (χ4n) is 1.70. The van der Waals surface area contributed by atoms with Gasteiger partial charge in [0.2, 0.25) is 0 Å². The molecule has 1 saturated heterocycles. The van der Waals surface area contributed by atoms with Crippen molar-refractivity contribution in [2.24, 2.45) is 0 Å². The summed E-state index contributed by atoms with van der Waals surface area (Å²) in [7, 11) is 0. The van der Waals surface area contributed by atoms with Crippen LogP contribution in [0.25, 0.3) is 10.8 Å². The molecule has 0 radical (unpaired) electrons. The molecule has 0 amide bonds. The molecule has 0 N–H and O–H groups in total. The summed E-state index contributed by atoms with van der Waals surface area (Å²) in [5.41, 5.74) is 0. The number of carbonyl (C=O) groups excluding carboxylic acids is 1. The van der Waals surface area contributed by atoms with Gasteiger partial charge < -0.3 is 9.15 Å². The van der Waals surface area contributed by atoms with Gasteiger partial charge in [-0.2, -0.15) is 0 Å². The molecule has 1 aliphatic heterocycles. The smallest absolute Gasteiger partial charge is 0.320 e. The molecule has 18 heavy (non-hydrogen) atoms. The first kappa shape index (κ1) is 11.7. The van der Waals surface area contributed by atoms with E-state index in [4.69, 9.17) is 9.15 Å². The average molecular weight is 282 g/mol. The van der Waals surface area contributed by atoms with Crippen molar-refractivity contribution in [1.29, 1.82) is 0 Å². The van der Waals surface area contributed by atoms with E-state index < -0.39 is 0 Å². The van der Waals surface area contributed by atoms with E-state index in [1.54, 1.807) is 0 Å². The first-order chi connectivity index (χ1) is 8.72. The number of hydrogen-bond donors (Lipinski definition) is 0. The molecule has 94 valence electrons. The van der Waals surface area contributed by atoms with E-state index in [2.05, 4.69) is 10.2 Å². The van der Waals surface area contributed by atoms with E-state index in [1.807, 2.05) is 24.4 Å². The Bertz CT molecular complexity index is 552. The largest absolute Gasteiger partial charge is 0.462 e. The first-order valence-electron chi connectivity index (χ1n) is 5.47. The third-order valence-electron chi connectivity index (χ3n) is 2.51. The second-order valence-electron chi connectivity index (χ2n) is 3.94. The van der Waals surface area contributed by atoms with Gasteiger partial charge >= 0.3 is 5.97 Å². The van der Waals surface area contributed by atoms with Gasteiger partial charge in [0, 0.05) is 6.42 Å². The van der Waals surface area contributed by atoms with Gasteiger partial charge in [0.05, 0.1) is 4.88 Å². The second kappa shape index (κ2) is 4.74. The van der Waals surface area contributed by atoms with Crippen LogP contribution in [0.15, 0.2) is 27.2 Å². The SMILES string of the molecule is C[C@@H]1C[C@H](Sc2nnc(-c3cccs3)o2)C(=O)O1.